The third kappa shape index (κ3) is 6.11. The summed E-state index contributed by atoms with van der Waals surface area (Å²) >= 11 is 12.8. The first-order valence-corrected chi connectivity index (χ1v) is 12.5. The quantitative estimate of drug-likeness (QED) is 0.279. The number of carbonyl (C=O) groups excluding carboxylic acids is 2. The van der Waals surface area contributed by atoms with Crippen molar-refractivity contribution in [2.75, 3.05) is 11.9 Å². The van der Waals surface area contributed by atoms with Crippen LogP contribution in [0.2, 0.25) is 5.02 Å². The van der Waals surface area contributed by atoms with E-state index in [0.717, 1.165) is 16.7 Å². The van der Waals surface area contributed by atoms with Gasteiger partial charge in [0, 0.05) is 10.7 Å². The fourth-order valence-corrected chi connectivity index (χ4v) is 5.16. The number of aryl methyl sites for hydroxylation is 1. The van der Waals surface area contributed by atoms with E-state index in [2.05, 4.69) is 5.32 Å². The number of halogens is 1. The molecule has 4 rings (SSSR count). The average molecular weight is 523 g/mol. The molecule has 2 amide bonds. The lowest BCUT2D eigenvalue weighted by atomic mass is 10.1. The number of carbonyl (C=O) groups is 2. The third-order valence-corrected chi connectivity index (χ3v) is 7.08. The lowest BCUT2D eigenvalue weighted by molar-refractivity contribution is -0.123. The van der Waals surface area contributed by atoms with Crippen LogP contribution in [0.1, 0.15) is 29.7 Å². The monoisotopic (exact) mass is 522 g/mol. The summed E-state index contributed by atoms with van der Waals surface area (Å²) in [6.45, 7) is 3.72. The SMILES string of the molecule is Cc1ccc(Cl)cc1NC(=O)COc1ccc(/C=C2\SC(=S)N([C@@H](C)c3ccccc3)C2=O)cc1. The van der Waals surface area contributed by atoms with Gasteiger partial charge in [-0.25, -0.2) is 0 Å². The molecular weight excluding hydrogens is 500 g/mol. The molecule has 3 aromatic rings. The Morgan fingerprint density at radius 3 is 2.57 bits per heavy atom. The topological polar surface area (TPSA) is 58.6 Å². The number of nitrogens with one attached hydrogen (secondary N) is 1. The second kappa shape index (κ2) is 11.1. The lowest BCUT2D eigenvalue weighted by Crippen LogP contribution is -2.30. The van der Waals surface area contributed by atoms with E-state index < -0.39 is 0 Å². The minimum atomic E-state index is -0.282. The van der Waals surface area contributed by atoms with Crippen molar-refractivity contribution in [1.82, 2.24) is 4.90 Å². The largest absolute Gasteiger partial charge is 0.484 e. The van der Waals surface area contributed by atoms with Crippen LogP contribution in [0.4, 0.5) is 5.69 Å². The molecule has 0 aliphatic carbocycles. The Bertz CT molecular complexity index is 1290. The first kappa shape index (κ1) is 25.0. The van der Waals surface area contributed by atoms with Gasteiger partial charge in [-0.3, -0.25) is 14.5 Å². The molecule has 178 valence electrons. The van der Waals surface area contributed by atoms with Crippen LogP contribution in [-0.2, 0) is 9.59 Å². The fourth-order valence-electron chi connectivity index (χ4n) is 3.57. The number of nitrogens with zero attached hydrogens (tertiary/aromatic N) is 1. The highest BCUT2D eigenvalue weighted by Gasteiger charge is 2.35. The number of ether oxygens (including phenoxy) is 1. The fraction of sp³-hybridized carbons (Fsp3) is 0.148. The Labute approximate surface area is 219 Å². The molecule has 1 aliphatic heterocycles. The first-order chi connectivity index (χ1) is 16.8. The maximum atomic E-state index is 13.0. The predicted molar refractivity (Wildman–Crippen MR) is 147 cm³/mol. The molecule has 0 radical (unpaired) electrons. The van der Waals surface area contributed by atoms with Crippen molar-refractivity contribution in [2.45, 2.75) is 19.9 Å². The Morgan fingerprint density at radius 1 is 1.14 bits per heavy atom. The van der Waals surface area contributed by atoms with Gasteiger partial charge in [0.05, 0.1) is 10.9 Å². The van der Waals surface area contributed by atoms with Gasteiger partial charge in [0.25, 0.3) is 11.8 Å². The van der Waals surface area contributed by atoms with Crippen molar-refractivity contribution in [1.29, 1.82) is 0 Å². The maximum absolute atomic E-state index is 13.0. The van der Waals surface area contributed by atoms with Crippen molar-refractivity contribution < 1.29 is 14.3 Å². The highest BCUT2D eigenvalue weighted by Crippen LogP contribution is 2.38. The summed E-state index contributed by atoms with van der Waals surface area (Å²) in [6, 6.07) is 22.2. The number of hydrogen-bond acceptors (Lipinski definition) is 5. The molecular formula is C27H23ClN2O3S2. The van der Waals surface area contributed by atoms with Crippen LogP contribution in [0.5, 0.6) is 5.75 Å². The summed E-state index contributed by atoms with van der Waals surface area (Å²) < 4.78 is 6.14. The standard InChI is InChI=1S/C27H23ClN2O3S2/c1-17-8-11-21(28)15-23(17)29-25(31)16-33-22-12-9-19(10-13-22)14-24-26(32)30(27(34)35-24)18(2)20-6-4-3-5-7-20/h3-15,18H,16H2,1-2H3,(H,29,31)/b24-14-/t18-/m0/s1. The Balaban J connectivity index is 1.37. The van der Waals surface area contributed by atoms with Crippen LogP contribution < -0.4 is 10.1 Å². The highest BCUT2D eigenvalue weighted by molar-refractivity contribution is 8.26. The molecule has 1 saturated heterocycles. The van der Waals surface area contributed by atoms with Crippen LogP contribution in [-0.4, -0.2) is 27.6 Å². The molecule has 1 heterocycles. The Morgan fingerprint density at radius 2 is 1.86 bits per heavy atom. The molecule has 1 aliphatic rings. The van der Waals surface area contributed by atoms with Gasteiger partial charge in [0.15, 0.2) is 6.61 Å². The molecule has 0 aromatic heterocycles. The van der Waals surface area contributed by atoms with Gasteiger partial charge in [0.2, 0.25) is 0 Å². The van der Waals surface area contributed by atoms with Gasteiger partial charge in [-0.15, -0.1) is 0 Å². The minimum absolute atomic E-state index is 0.107. The second-order valence-corrected chi connectivity index (χ2v) is 10.1. The van der Waals surface area contributed by atoms with E-state index in [-0.39, 0.29) is 24.5 Å². The summed E-state index contributed by atoms with van der Waals surface area (Å²) in [5.41, 5.74) is 3.43. The summed E-state index contributed by atoms with van der Waals surface area (Å²) in [4.78, 5) is 27.5. The zero-order valence-electron chi connectivity index (χ0n) is 19.2. The second-order valence-electron chi connectivity index (χ2n) is 8.00. The number of amides is 2. The molecule has 0 unspecified atom stereocenters. The molecule has 0 spiro atoms. The normalized spacial score (nSPS) is 15.4. The van der Waals surface area contributed by atoms with Crippen LogP contribution in [0.3, 0.4) is 0 Å². The summed E-state index contributed by atoms with van der Waals surface area (Å²) in [6.07, 6.45) is 1.81. The average Bonchev–Trinajstić information content (AvgIpc) is 3.13. The number of thioether (sulfide) groups is 1. The zero-order valence-corrected chi connectivity index (χ0v) is 21.5. The van der Waals surface area contributed by atoms with Crippen molar-refractivity contribution in [3.05, 3.63) is 99.4 Å². The third-order valence-electron chi connectivity index (χ3n) is 5.51. The van der Waals surface area contributed by atoms with E-state index in [9.17, 15) is 9.59 Å². The lowest BCUT2D eigenvalue weighted by Gasteiger charge is -2.23. The Hall–Kier alpha value is -3.13. The minimum Gasteiger partial charge on any atom is -0.484 e. The summed E-state index contributed by atoms with van der Waals surface area (Å²) in [5.74, 6) is 0.158. The molecule has 5 nitrogen and oxygen atoms in total. The molecule has 35 heavy (non-hydrogen) atoms. The number of anilines is 1. The van der Waals surface area contributed by atoms with Crippen LogP contribution in [0.25, 0.3) is 6.08 Å². The van der Waals surface area contributed by atoms with Gasteiger partial charge in [-0.2, -0.15) is 0 Å². The predicted octanol–water partition coefficient (Wildman–Crippen LogP) is 6.63. The van der Waals surface area contributed by atoms with Crippen LogP contribution in [0.15, 0.2) is 77.7 Å². The van der Waals surface area contributed by atoms with E-state index >= 15 is 0 Å². The number of rotatable bonds is 7. The van der Waals surface area contributed by atoms with Gasteiger partial charge in [-0.1, -0.05) is 84.1 Å². The van der Waals surface area contributed by atoms with E-state index in [1.165, 1.54) is 11.8 Å². The van der Waals surface area contributed by atoms with E-state index in [1.807, 2.05) is 68.5 Å². The molecule has 0 saturated carbocycles. The van der Waals surface area contributed by atoms with Crippen molar-refractivity contribution in [3.63, 3.8) is 0 Å². The Kier molecular flexibility index (Phi) is 7.90. The van der Waals surface area contributed by atoms with Crippen molar-refractivity contribution in [2.24, 2.45) is 0 Å². The number of thiocarbonyl (C=S) groups is 1. The molecule has 1 fully saturated rings. The maximum Gasteiger partial charge on any atom is 0.266 e. The molecule has 1 N–H and O–H groups in total. The molecule has 8 heteroatoms. The van der Waals surface area contributed by atoms with E-state index in [0.29, 0.717) is 25.7 Å². The van der Waals surface area contributed by atoms with Gasteiger partial charge in [-0.05, 0) is 60.9 Å². The van der Waals surface area contributed by atoms with Gasteiger partial charge < -0.3 is 10.1 Å². The van der Waals surface area contributed by atoms with Crippen molar-refractivity contribution >= 4 is 63.5 Å². The number of benzene rings is 3. The van der Waals surface area contributed by atoms with Crippen molar-refractivity contribution in [3.8, 4) is 5.75 Å². The molecule has 3 aromatic carbocycles. The zero-order chi connectivity index (χ0) is 24.9. The van der Waals surface area contributed by atoms with Crippen LogP contribution >= 0.6 is 35.6 Å². The number of hydrogen-bond donors (Lipinski definition) is 1. The summed E-state index contributed by atoms with van der Waals surface area (Å²) in [7, 11) is 0. The van der Waals surface area contributed by atoms with E-state index in [1.54, 1.807) is 29.2 Å². The van der Waals surface area contributed by atoms with Crippen LogP contribution in [0, 0.1) is 6.92 Å². The van der Waals surface area contributed by atoms with Gasteiger partial charge in [0.1, 0.15) is 10.1 Å². The van der Waals surface area contributed by atoms with E-state index in [4.69, 9.17) is 28.6 Å². The smallest absolute Gasteiger partial charge is 0.266 e. The molecule has 1 atom stereocenters. The first-order valence-electron chi connectivity index (χ1n) is 10.9. The summed E-state index contributed by atoms with van der Waals surface area (Å²) in [5, 5.41) is 3.35. The van der Waals surface area contributed by atoms with Gasteiger partial charge >= 0.3 is 0 Å². The molecule has 0 bridgehead atoms. The highest BCUT2D eigenvalue weighted by atomic mass is 35.5.